The van der Waals surface area contributed by atoms with E-state index in [1.54, 1.807) is 7.11 Å². The molecule has 0 radical (unpaired) electrons. The second-order valence-electron chi connectivity index (χ2n) is 4.98. The van der Waals surface area contributed by atoms with Crippen LogP contribution in [0.15, 0.2) is 17.0 Å². The number of hydrogen-bond acceptors (Lipinski definition) is 3. The van der Waals surface area contributed by atoms with E-state index in [1.165, 1.54) is 35.3 Å². The fourth-order valence-corrected chi connectivity index (χ4v) is 3.28. The van der Waals surface area contributed by atoms with E-state index in [-0.39, 0.29) is 0 Å². The minimum atomic E-state index is 0.616. The van der Waals surface area contributed by atoms with E-state index in [2.05, 4.69) is 30.6 Å². The molecule has 0 bridgehead atoms. The molecule has 0 aromatic heterocycles. The van der Waals surface area contributed by atoms with Gasteiger partial charge in [0, 0.05) is 10.9 Å². The molecule has 2 nitrogen and oxygen atoms in total. The zero-order valence-corrected chi connectivity index (χ0v) is 12.4. The van der Waals surface area contributed by atoms with Gasteiger partial charge in [-0.3, -0.25) is 0 Å². The van der Waals surface area contributed by atoms with Gasteiger partial charge < -0.3 is 10.1 Å². The number of nitrogens with one attached hydrogen (secondary N) is 1. The minimum absolute atomic E-state index is 0.616. The van der Waals surface area contributed by atoms with E-state index < -0.39 is 0 Å². The van der Waals surface area contributed by atoms with Gasteiger partial charge in [-0.1, -0.05) is 6.42 Å². The maximum absolute atomic E-state index is 5.53. The van der Waals surface area contributed by atoms with Crippen molar-refractivity contribution in [3.05, 3.63) is 23.3 Å². The molecule has 1 aliphatic rings. The summed E-state index contributed by atoms with van der Waals surface area (Å²) in [5, 5.41) is 3.61. The smallest absolute Gasteiger partial charge is 0.122 e. The van der Waals surface area contributed by atoms with E-state index >= 15 is 0 Å². The lowest BCUT2D eigenvalue weighted by molar-refractivity contribution is 0.381. The molecule has 1 aromatic rings. The number of rotatable bonds is 4. The Morgan fingerprint density at radius 3 is 2.83 bits per heavy atom. The number of hydrogen-bond donors (Lipinski definition) is 1. The summed E-state index contributed by atoms with van der Waals surface area (Å²) in [5.41, 5.74) is 2.64. The van der Waals surface area contributed by atoms with Crippen molar-refractivity contribution < 1.29 is 4.74 Å². The molecular weight excluding hydrogens is 242 g/mol. The van der Waals surface area contributed by atoms with Crippen molar-refractivity contribution in [2.24, 2.45) is 0 Å². The van der Waals surface area contributed by atoms with Gasteiger partial charge in [-0.25, -0.2) is 0 Å². The Balaban J connectivity index is 2.18. The summed E-state index contributed by atoms with van der Waals surface area (Å²) in [6.07, 6.45) is 7.17. The number of thioether (sulfide) groups is 1. The fourth-order valence-electron chi connectivity index (χ4n) is 2.64. The highest BCUT2D eigenvalue weighted by molar-refractivity contribution is 7.98. The molecule has 100 valence electrons. The Bertz CT molecular complexity index is 400. The topological polar surface area (TPSA) is 21.3 Å². The molecule has 3 heteroatoms. The van der Waals surface area contributed by atoms with E-state index in [9.17, 15) is 0 Å². The van der Waals surface area contributed by atoms with Crippen molar-refractivity contribution in [2.75, 3.05) is 19.9 Å². The van der Waals surface area contributed by atoms with Crippen LogP contribution in [0.1, 0.15) is 30.4 Å². The van der Waals surface area contributed by atoms with E-state index in [0.717, 1.165) is 18.7 Å². The van der Waals surface area contributed by atoms with Gasteiger partial charge in [0.15, 0.2) is 0 Å². The van der Waals surface area contributed by atoms with Crippen molar-refractivity contribution in [3.8, 4) is 5.75 Å². The Hall–Kier alpha value is -0.670. The predicted molar refractivity (Wildman–Crippen MR) is 78.9 cm³/mol. The molecule has 1 aliphatic heterocycles. The van der Waals surface area contributed by atoms with Crippen LogP contribution in [0, 0.1) is 6.92 Å². The molecule has 1 atom stereocenters. The van der Waals surface area contributed by atoms with Crippen molar-refractivity contribution >= 4 is 11.8 Å². The van der Waals surface area contributed by atoms with Crippen molar-refractivity contribution in [3.63, 3.8) is 0 Å². The van der Waals surface area contributed by atoms with Gasteiger partial charge in [0.25, 0.3) is 0 Å². The Kier molecular flexibility index (Phi) is 4.95. The fraction of sp³-hybridized carbons (Fsp3) is 0.600. The van der Waals surface area contributed by atoms with E-state index in [1.807, 2.05) is 11.8 Å². The molecule has 1 fully saturated rings. The summed E-state index contributed by atoms with van der Waals surface area (Å²) >= 11 is 1.81. The molecule has 1 aromatic carbocycles. The first-order valence-electron chi connectivity index (χ1n) is 6.69. The highest BCUT2D eigenvalue weighted by atomic mass is 32.2. The molecule has 2 rings (SSSR count). The zero-order valence-electron chi connectivity index (χ0n) is 11.6. The molecule has 1 unspecified atom stereocenters. The van der Waals surface area contributed by atoms with Crippen molar-refractivity contribution in [1.29, 1.82) is 0 Å². The third-order valence-corrected chi connectivity index (χ3v) is 4.56. The first-order chi connectivity index (χ1) is 8.74. The van der Waals surface area contributed by atoms with Crippen LogP contribution in [-0.2, 0) is 6.42 Å². The first kappa shape index (κ1) is 13.8. The van der Waals surface area contributed by atoms with Gasteiger partial charge in [-0.05, 0) is 62.2 Å². The highest BCUT2D eigenvalue weighted by Crippen LogP contribution is 2.30. The SMILES string of the molecule is COc1cc(C)c(SC)cc1CC1CCCCN1. The lowest BCUT2D eigenvalue weighted by atomic mass is 9.96. The summed E-state index contributed by atoms with van der Waals surface area (Å²) < 4.78 is 5.53. The zero-order chi connectivity index (χ0) is 13.0. The second kappa shape index (κ2) is 6.48. The monoisotopic (exact) mass is 265 g/mol. The molecule has 0 saturated carbocycles. The molecule has 1 N–H and O–H groups in total. The molecule has 0 spiro atoms. The lowest BCUT2D eigenvalue weighted by Crippen LogP contribution is -2.35. The number of ether oxygens (including phenoxy) is 1. The quantitative estimate of drug-likeness (QED) is 0.843. The van der Waals surface area contributed by atoms with Crippen LogP contribution in [0.2, 0.25) is 0 Å². The summed E-state index contributed by atoms with van der Waals surface area (Å²) in [7, 11) is 1.77. The molecule has 1 heterocycles. The standard InChI is InChI=1S/C15H23NOS/c1-11-8-14(17-2)12(10-15(11)18-3)9-13-6-4-5-7-16-13/h8,10,13,16H,4-7,9H2,1-3H3. The second-order valence-corrected chi connectivity index (χ2v) is 5.83. The van der Waals surface area contributed by atoms with E-state index in [0.29, 0.717) is 6.04 Å². The number of methoxy groups -OCH3 is 1. The largest absolute Gasteiger partial charge is 0.496 e. The van der Waals surface area contributed by atoms with Crippen molar-refractivity contribution in [2.45, 2.75) is 43.5 Å². The van der Waals surface area contributed by atoms with E-state index in [4.69, 9.17) is 4.74 Å². The first-order valence-corrected chi connectivity index (χ1v) is 7.92. The van der Waals surface area contributed by atoms with Gasteiger partial charge in [0.1, 0.15) is 5.75 Å². The number of benzene rings is 1. The molecular formula is C15H23NOS. The lowest BCUT2D eigenvalue weighted by Gasteiger charge is -2.24. The van der Waals surface area contributed by atoms with Crippen LogP contribution >= 0.6 is 11.8 Å². The van der Waals surface area contributed by atoms with Gasteiger partial charge in [0.2, 0.25) is 0 Å². The number of piperidine rings is 1. The highest BCUT2D eigenvalue weighted by Gasteiger charge is 2.16. The third-order valence-electron chi connectivity index (χ3n) is 3.68. The van der Waals surface area contributed by atoms with Crippen LogP contribution in [-0.4, -0.2) is 26.0 Å². The van der Waals surface area contributed by atoms with Gasteiger partial charge in [-0.15, -0.1) is 11.8 Å². The van der Waals surface area contributed by atoms with Crippen LogP contribution in [0.4, 0.5) is 0 Å². The van der Waals surface area contributed by atoms with Gasteiger partial charge in [-0.2, -0.15) is 0 Å². The molecule has 0 aliphatic carbocycles. The normalized spacial score (nSPS) is 19.8. The summed E-state index contributed by atoms with van der Waals surface area (Å²) in [5.74, 6) is 1.04. The Morgan fingerprint density at radius 1 is 1.39 bits per heavy atom. The Labute approximate surface area is 114 Å². The van der Waals surface area contributed by atoms with Gasteiger partial charge in [0.05, 0.1) is 7.11 Å². The average molecular weight is 265 g/mol. The summed E-state index contributed by atoms with van der Waals surface area (Å²) in [6, 6.07) is 5.09. The van der Waals surface area contributed by atoms with Crippen molar-refractivity contribution in [1.82, 2.24) is 5.32 Å². The predicted octanol–water partition coefficient (Wildman–Crippen LogP) is 3.41. The average Bonchev–Trinajstić information content (AvgIpc) is 2.41. The van der Waals surface area contributed by atoms with Gasteiger partial charge >= 0.3 is 0 Å². The Morgan fingerprint density at radius 2 is 2.22 bits per heavy atom. The van der Waals surface area contributed by atoms with Crippen LogP contribution in [0.5, 0.6) is 5.75 Å². The maximum Gasteiger partial charge on any atom is 0.122 e. The van der Waals surface area contributed by atoms with Crippen LogP contribution < -0.4 is 10.1 Å². The third kappa shape index (κ3) is 3.21. The summed E-state index contributed by atoms with van der Waals surface area (Å²) in [6.45, 7) is 3.31. The van der Waals surface area contributed by atoms with Crippen LogP contribution in [0.3, 0.4) is 0 Å². The number of aryl methyl sites for hydroxylation is 1. The molecule has 18 heavy (non-hydrogen) atoms. The summed E-state index contributed by atoms with van der Waals surface area (Å²) in [4.78, 5) is 1.36. The minimum Gasteiger partial charge on any atom is -0.496 e. The molecule has 1 saturated heterocycles. The van der Waals surface area contributed by atoms with Crippen LogP contribution in [0.25, 0.3) is 0 Å². The molecule has 0 amide bonds. The maximum atomic E-state index is 5.53.